The highest BCUT2D eigenvalue weighted by Crippen LogP contribution is 2.19. The number of nitrogens with zero attached hydrogens (tertiary/aromatic N) is 1. The summed E-state index contributed by atoms with van der Waals surface area (Å²) >= 11 is 0. The molecule has 2 heteroatoms. The number of hydrogen-bond acceptors (Lipinski definition) is 1. The SMILES string of the molecule is CC.CC(C)n1ccc2c1CCNC2. The molecule has 0 fully saturated rings. The van der Waals surface area contributed by atoms with Crippen LogP contribution in [0, 0.1) is 0 Å². The highest BCUT2D eigenvalue weighted by Gasteiger charge is 2.13. The van der Waals surface area contributed by atoms with Crippen molar-refractivity contribution in [3.05, 3.63) is 23.5 Å². The van der Waals surface area contributed by atoms with E-state index in [1.165, 1.54) is 17.7 Å². The summed E-state index contributed by atoms with van der Waals surface area (Å²) in [6, 6.07) is 2.84. The Balaban J connectivity index is 0.000000461. The standard InChI is InChI=1S/C10H16N2.C2H6/c1-8(2)12-6-4-9-7-11-5-3-10(9)12;1-2/h4,6,8,11H,3,5,7H2,1-2H3;1-2H3. The Hall–Kier alpha value is -0.760. The Labute approximate surface area is 87.3 Å². The van der Waals surface area contributed by atoms with Gasteiger partial charge in [-0.15, -0.1) is 0 Å². The molecule has 80 valence electrons. The van der Waals surface area contributed by atoms with E-state index in [0.717, 1.165) is 13.1 Å². The normalized spacial score (nSPS) is 14.6. The van der Waals surface area contributed by atoms with Crippen molar-refractivity contribution in [2.45, 2.75) is 46.7 Å². The lowest BCUT2D eigenvalue weighted by Crippen LogP contribution is -2.24. The zero-order chi connectivity index (χ0) is 10.6. The van der Waals surface area contributed by atoms with Gasteiger partial charge >= 0.3 is 0 Å². The summed E-state index contributed by atoms with van der Waals surface area (Å²) in [4.78, 5) is 0. The number of nitrogens with one attached hydrogen (secondary N) is 1. The summed E-state index contributed by atoms with van der Waals surface area (Å²) in [6.45, 7) is 10.7. The van der Waals surface area contributed by atoms with Crippen LogP contribution in [0.15, 0.2) is 12.3 Å². The third-order valence-corrected chi connectivity index (χ3v) is 2.53. The van der Waals surface area contributed by atoms with Crippen LogP contribution in [0.4, 0.5) is 0 Å². The van der Waals surface area contributed by atoms with Crippen LogP contribution in [-0.2, 0) is 13.0 Å². The minimum Gasteiger partial charge on any atom is -0.349 e. The molecule has 0 amide bonds. The largest absolute Gasteiger partial charge is 0.349 e. The maximum Gasteiger partial charge on any atom is 0.0276 e. The van der Waals surface area contributed by atoms with Gasteiger partial charge in [0.25, 0.3) is 0 Å². The third-order valence-electron chi connectivity index (χ3n) is 2.53. The van der Waals surface area contributed by atoms with Gasteiger partial charge in [-0.05, 0) is 25.5 Å². The topological polar surface area (TPSA) is 17.0 Å². The summed E-state index contributed by atoms with van der Waals surface area (Å²) in [5.41, 5.74) is 3.01. The lowest BCUT2D eigenvalue weighted by atomic mass is 10.1. The lowest BCUT2D eigenvalue weighted by Gasteiger charge is -2.18. The van der Waals surface area contributed by atoms with Crippen molar-refractivity contribution in [2.75, 3.05) is 6.54 Å². The Morgan fingerprint density at radius 3 is 2.71 bits per heavy atom. The van der Waals surface area contributed by atoms with Gasteiger partial charge in [-0.1, -0.05) is 13.8 Å². The Morgan fingerprint density at radius 1 is 1.36 bits per heavy atom. The summed E-state index contributed by atoms with van der Waals surface area (Å²) in [7, 11) is 0. The van der Waals surface area contributed by atoms with Crippen LogP contribution < -0.4 is 5.32 Å². The molecule has 2 heterocycles. The van der Waals surface area contributed by atoms with E-state index in [1.807, 2.05) is 13.8 Å². The maximum absolute atomic E-state index is 3.38. The maximum atomic E-state index is 3.38. The minimum atomic E-state index is 0.604. The highest BCUT2D eigenvalue weighted by molar-refractivity contribution is 5.25. The van der Waals surface area contributed by atoms with Crippen LogP contribution in [0.5, 0.6) is 0 Å². The van der Waals surface area contributed by atoms with Gasteiger partial charge in [-0.3, -0.25) is 0 Å². The van der Waals surface area contributed by atoms with E-state index in [1.54, 1.807) is 0 Å². The molecule has 0 saturated heterocycles. The molecule has 0 unspecified atom stereocenters. The number of hydrogen-bond donors (Lipinski definition) is 1. The van der Waals surface area contributed by atoms with Crippen LogP contribution in [-0.4, -0.2) is 11.1 Å². The quantitative estimate of drug-likeness (QED) is 0.727. The Bertz CT molecular complexity index is 274. The van der Waals surface area contributed by atoms with Crippen molar-refractivity contribution in [3.63, 3.8) is 0 Å². The number of fused-ring (bicyclic) bond motifs is 1. The first-order chi connectivity index (χ1) is 6.79. The molecule has 1 aliphatic heterocycles. The number of rotatable bonds is 1. The molecule has 0 spiro atoms. The van der Waals surface area contributed by atoms with E-state index in [9.17, 15) is 0 Å². The van der Waals surface area contributed by atoms with Gasteiger partial charge in [0.2, 0.25) is 0 Å². The molecule has 0 saturated carbocycles. The molecule has 0 atom stereocenters. The van der Waals surface area contributed by atoms with Crippen LogP contribution in [0.2, 0.25) is 0 Å². The Morgan fingerprint density at radius 2 is 2.07 bits per heavy atom. The van der Waals surface area contributed by atoms with Gasteiger partial charge < -0.3 is 9.88 Å². The lowest BCUT2D eigenvalue weighted by molar-refractivity contribution is 0.542. The second-order valence-corrected chi connectivity index (χ2v) is 3.72. The molecule has 14 heavy (non-hydrogen) atoms. The number of aromatic nitrogens is 1. The summed E-state index contributed by atoms with van der Waals surface area (Å²) in [5, 5.41) is 3.38. The van der Waals surface area contributed by atoms with Crippen LogP contribution in [0.3, 0.4) is 0 Å². The molecular weight excluding hydrogens is 172 g/mol. The minimum absolute atomic E-state index is 0.604. The van der Waals surface area contributed by atoms with E-state index < -0.39 is 0 Å². The second kappa shape index (κ2) is 5.20. The van der Waals surface area contributed by atoms with E-state index in [2.05, 4.69) is 36.0 Å². The van der Waals surface area contributed by atoms with Gasteiger partial charge in [0.1, 0.15) is 0 Å². The Kier molecular flexibility index (Phi) is 4.21. The molecule has 1 aromatic heterocycles. The predicted molar refractivity (Wildman–Crippen MR) is 61.6 cm³/mol. The van der Waals surface area contributed by atoms with Gasteiger partial charge in [-0.2, -0.15) is 0 Å². The zero-order valence-electron chi connectivity index (χ0n) is 9.80. The van der Waals surface area contributed by atoms with Crippen molar-refractivity contribution < 1.29 is 0 Å². The van der Waals surface area contributed by atoms with E-state index >= 15 is 0 Å². The monoisotopic (exact) mass is 194 g/mol. The molecule has 0 radical (unpaired) electrons. The van der Waals surface area contributed by atoms with Crippen LogP contribution in [0.25, 0.3) is 0 Å². The molecule has 2 rings (SSSR count). The highest BCUT2D eigenvalue weighted by atomic mass is 15.0. The first-order valence-electron chi connectivity index (χ1n) is 5.68. The summed E-state index contributed by atoms with van der Waals surface area (Å²) in [5.74, 6) is 0. The third kappa shape index (κ3) is 2.18. The van der Waals surface area contributed by atoms with Crippen molar-refractivity contribution in [3.8, 4) is 0 Å². The summed E-state index contributed by atoms with van der Waals surface area (Å²) in [6.07, 6.45) is 3.39. The smallest absolute Gasteiger partial charge is 0.0276 e. The first kappa shape index (κ1) is 11.3. The molecule has 1 aliphatic rings. The first-order valence-corrected chi connectivity index (χ1v) is 5.68. The second-order valence-electron chi connectivity index (χ2n) is 3.72. The molecule has 0 aliphatic carbocycles. The van der Waals surface area contributed by atoms with Gasteiger partial charge in [0.15, 0.2) is 0 Å². The average molecular weight is 194 g/mol. The molecule has 1 N–H and O–H groups in total. The molecule has 0 bridgehead atoms. The van der Waals surface area contributed by atoms with Crippen LogP contribution in [0.1, 0.15) is 45.0 Å². The van der Waals surface area contributed by atoms with Crippen molar-refractivity contribution in [1.29, 1.82) is 0 Å². The molecular formula is C12H22N2. The fourth-order valence-corrected chi connectivity index (χ4v) is 1.89. The fourth-order valence-electron chi connectivity index (χ4n) is 1.89. The average Bonchev–Trinajstić information content (AvgIpc) is 2.64. The van der Waals surface area contributed by atoms with E-state index in [0.29, 0.717) is 6.04 Å². The molecule has 1 aromatic rings. The van der Waals surface area contributed by atoms with Gasteiger partial charge in [0.05, 0.1) is 0 Å². The van der Waals surface area contributed by atoms with Crippen molar-refractivity contribution in [1.82, 2.24) is 9.88 Å². The van der Waals surface area contributed by atoms with Crippen molar-refractivity contribution >= 4 is 0 Å². The van der Waals surface area contributed by atoms with Crippen LogP contribution >= 0.6 is 0 Å². The predicted octanol–water partition coefficient (Wildman–Crippen LogP) is 2.74. The van der Waals surface area contributed by atoms with Gasteiger partial charge in [-0.25, -0.2) is 0 Å². The fraction of sp³-hybridized carbons (Fsp3) is 0.667. The zero-order valence-corrected chi connectivity index (χ0v) is 9.80. The summed E-state index contributed by atoms with van der Waals surface area (Å²) < 4.78 is 2.39. The van der Waals surface area contributed by atoms with E-state index in [-0.39, 0.29) is 0 Å². The van der Waals surface area contributed by atoms with E-state index in [4.69, 9.17) is 0 Å². The molecule has 2 nitrogen and oxygen atoms in total. The van der Waals surface area contributed by atoms with Gasteiger partial charge in [0, 0.05) is 37.4 Å². The van der Waals surface area contributed by atoms with Crippen molar-refractivity contribution in [2.24, 2.45) is 0 Å². The molecule has 0 aromatic carbocycles.